The van der Waals surface area contributed by atoms with Crippen LogP contribution in [0.3, 0.4) is 0 Å². The van der Waals surface area contributed by atoms with Crippen molar-refractivity contribution in [3.63, 3.8) is 0 Å². The summed E-state index contributed by atoms with van der Waals surface area (Å²) >= 11 is 0. The van der Waals surface area contributed by atoms with Gasteiger partial charge in [-0.1, -0.05) is 25.5 Å². The number of hydrogen-bond acceptors (Lipinski definition) is 3. The first kappa shape index (κ1) is 13.9. The fraction of sp³-hybridized carbons (Fsp3) is 0.533. The van der Waals surface area contributed by atoms with Crippen molar-refractivity contribution in [2.24, 2.45) is 11.7 Å². The van der Waals surface area contributed by atoms with Crippen molar-refractivity contribution >= 4 is 5.91 Å². The number of amides is 1. The average molecular weight is 262 g/mol. The van der Waals surface area contributed by atoms with Gasteiger partial charge in [-0.2, -0.15) is 0 Å². The molecule has 1 amide bonds. The van der Waals surface area contributed by atoms with E-state index in [0.717, 1.165) is 37.2 Å². The van der Waals surface area contributed by atoms with Crippen LogP contribution in [0.15, 0.2) is 24.3 Å². The lowest BCUT2D eigenvalue weighted by Crippen LogP contribution is -2.33. The minimum Gasteiger partial charge on any atom is -0.484 e. The van der Waals surface area contributed by atoms with Gasteiger partial charge in [0.05, 0.1) is 0 Å². The highest BCUT2D eigenvalue weighted by Gasteiger charge is 2.24. The molecule has 2 rings (SSSR count). The molecule has 0 aliphatic carbocycles. The number of carbonyl (C=O) groups is 1. The lowest BCUT2D eigenvalue weighted by Gasteiger charge is -2.16. The molecule has 1 fully saturated rings. The van der Waals surface area contributed by atoms with Crippen LogP contribution in [0.4, 0.5) is 0 Å². The zero-order valence-corrected chi connectivity index (χ0v) is 11.5. The first-order valence-corrected chi connectivity index (χ1v) is 6.92. The second-order valence-corrected chi connectivity index (χ2v) is 5.04. The van der Waals surface area contributed by atoms with E-state index in [4.69, 9.17) is 10.5 Å². The van der Waals surface area contributed by atoms with Crippen LogP contribution >= 0.6 is 0 Å². The molecule has 0 saturated carbocycles. The second-order valence-electron chi connectivity index (χ2n) is 5.04. The van der Waals surface area contributed by atoms with Crippen molar-refractivity contribution in [1.29, 1.82) is 0 Å². The number of ether oxygens (including phenoxy) is 1. The Labute approximate surface area is 114 Å². The summed E-state index contributed by atoms with van der Waals surface area (Å²) < 4.78 is 5.52. The van der Waals surface area contributed by atoms with Crippen molar-refractivity contribution < 1.29 is 9.53 Å². The van der Waals surface area contributed by atoms with E-state index in [9.17, 15) is 4.79 Å². The summed E-state index contributed by atoms with van der Waals surface area (Å²) in [5.41, 5.74) is 6.59. The molecule has 0 bridgehead atoms. The van der Waals surface area contributed by atoms with Crippen molar-refractivity contribution in [2.75, 3.05) is 19.7 Å². The smallest absolute Gasteiger partial charge is 0.260 e. The number of rotatable bonds is 5. The summed E-state index contributed by atoms with van der Waals surface area (Å²) in [5.74, 6) is 1.46. The third-order valence-corrected chi connectivity index (χ3v) is 3.74. The van der Waals surface area contributed by atoms with Gasteiger partial charge in [0, 0.05) is 19.6 Å². The standard InChI is InChI=1S/C15H22N2O2/c1-2-12-7-8-17(10-12)15(18)11-19-14-5-3-13(9-16)4-6-14/h3-6,12H,2,7-11,16H2,1H3. The van der Waals surface area contributed by atoms with E-state index in [0.29, 0.717) is 12.5 Å². The third kappa shape index (κ3) is 3.70. The van der Waals surface area contributed by atoms with E-state index in [1.807, 2.05) is 29.2 Å². The zero-order valence-electron chi connectivity index (χ0n) is 11.5. The molecule has 1 unspecified atom stereocenters. The molecule has 1 atom stereocenters. The van der Waals surface area contributed by atoms with Crippen LogP contribution in [0.5, 0.6) is 5.75 Å². The van der Waals surface area contributed by atoms with Gasteiger partial charge in [-0.25, -0.2) is 0 Å². The van der Waals surface area contributed by atoms with Crippen molar-refractivity contribution in [1.82, 2.24) is 4.90 Å². The fourth-order valence-corrected chi connectivity index (χ4v) is 2.35. The molecule has 1 saturated heterocycles. The molecule has 2 N–H and O–H groups in total. The van der Waals surface area contributed by atoms with E-state index in [1.165, 1.54) is 0 Å². The number of carbonyl (C=O) groups excluding carboxylic acids is 1. The van der Waals surface area contributed by atoms with E-state index >= 15 is 0 Å². The quantitative estimate of drug-likeness (QED) is 0.880. The predicted octanol–water partition coefficient (Wildman–Crippen LogP) is 1.78. The van der Waals surface area contributed by atoms with Crippen molar-refractivity contribution in [3.05, 3.63) is 29.8 Å². The summed E-state index contributed by atoms with van der Waals surface area (Å²) in [6, 6.07) is 7.55. The lowest BCUT2D eigenvalue weighted by atomic mass is 10.1. The van der Waals surface area contributed by atoms with Gasteiger partial charge in [0.15, 0.2) is 6.61 Å². The Hall–Kier alpha value is -1.55. The topological polar surface area (TPSA) is 55.6 Å². The molecular weight excluding hydrogens is 240 g/mol. The van der Waals surface area contributed by atoms with Gasteiger partial charge in [-0.05, 0) is 30.0 Å². The molecule has 4 nitrogen and oxygen atoms in total. The maximum atomic E-state index is 12.0. The van der Waals surface area contributed by atoms with Crippen LogP contribution in [-0.2, 0) is 11.3 Å². The molecule has 1 aliphatic heterocycles. The lowest BCUT2D eigenvalue weighted by molar-refractivity contribution is -0.132. The fourth-order valence-electron chi connectivity index (χ4n) is 2.35. The molecule has 104 valence electrons. The van der Waals surface area contributed by atoms with Gasteiger partial charge in [0.1, 0.15) is 5.75 Å². The normalized spacial score (nSPS) is 18.6. The van der Waals surface area contributed by atoms with E-state index in [1.54, 1.807) is 0 Å². The number of likely N-dealkylation sites (tertiary alicyclic amines) is 1. The molecule has 4 heteroatoms. The summed E-state index contributed by atoms with van der Waals surface area (Å²) in [4.78, 5) is 13.9. The highest BCUT2D eigenvalue weighted by atomic mass is 16.5. The van der Waals surface area contributed by atoms with Crippen LogP contribution in [0, 0.1) is 5.92 Å². The molecule has 1 aliphatic rings. The molecular formula is C15H22N2O2. The van der Waals surface area contributed by atoms with Gasteiger partial charge in [-0.3, -0.25) is 4.79 Å². The highest BCUT2D eigenvalue weighted by molar-refractivity contribution is 5.78. The van der Waals surface area contributed by atoms with Gasteiger partial charge in [0.2, 0.25) is 0 Å². The summed E-state index contributed by atoms with van der Waals surface area (Å²) in [6.07, 6.45) is 2.26. The summed E-state index contributed by atoms with van der Waals surface area (Å²) in [6.45, 7) is 4.57. The minimum absolute atomic E-state index is 0.0823. The second kappa shape index (κ2) is 6.57. The Balaban J connectivity index is 1.80. The number of nitrogens with zero attached hydrogens (tertiary/aromatic N) is 1. The molecule has 1 heterocycles. The van der Waals surface area contributed by atoms with Crippen LogP contribution in [0.1, 0.15) is 25.3 Å². The van der Waals surface area contributed by atoms with Gasteiger partial charge < -0.3 is 15.4 Å². The summed E-state index contributed by atoms with van der Waals surface area (Å²) in [7, 11) is 0. The molecule has 0 radical (unpaired) electrons. The Kier molecular flexibility index (Phi) is 4.80. The monoisotopic (exact) mass is 262 g/mol. The molecule has 0 aromatic heterocycles. The third-order valence-electron chi connectivity index (χ3n) is 3.74. The van der Waals surface area contributed by atoms with Crippen LogP contribution in [0.2, 0.25) is 0 Å². The predicted molar refractivity (Wildman–Crippen MR) is 74.8 cm³/mol. The number of nitrogens with two attached hydrogens (primary N) is 1. The van der Waals surface area contributed by atoms with Gasteiger partial charge in [-0.15, -0.1) is 0 Å². The largest absolute Gasteiger partial charge is 0.484 e. The Bertz CT molecular complexity index is 417. The average Bonchev–Trinajstić information content (AvgIpc) is 2.94. The maximum Gasteiger partial charge on any atom is 0.260 e. The van der Waals surface area contributed by atoms with Gasteiger partial charge in [0.25, 0.3) is 5.91 Å². The van der Waals surface area contributed by atoms with Gasteiger partial charge >= 0.3 is 0 Å². The first-order chi connectivity index (χ1) is 9.22. The van der Waals surface area contributed by atoms with Crippen molar-refractivity contribution in [3.8, 4) is 5.75 Å². The van der Waals surface area contributed by atoms with E-state index in [-0.39, 0.29) is 12.5 Å². The van der Waals surface area contributed by atoms with E-state index in [2.05, 4.69) is 6.92 Å². The Morgan fingerprint density at radius 1 is 1.42 bits per heavy atom. The highest BCUT2D eigenvalue weighted by Crippen LogP contribution is 2.19. The molecule has 19 heavy (non-hydrogen) atoms. The number of benzene rings is 1. The SMILES string of the molecule is CCC1CCN(C(=O)COc2ccc(CN)cc2)C1. The van der Waals surface area contributed by atoms with E-state index < -0.39 is 0 Å². The molecule has 1 aromatic rings. The number of hydrogen-bond donors (Lipinski definition) is 1. The molecule has 0 spiro atoms. The van der Waals surface area contributed by atoms with Crippen molar-refractivity contribution in [2.45, 2.75) is 26.3 Å². The molecule has 1 aromatic carbocycles. The first-order valence-electron chi connectivity index (χ1n) is 6.92. The Morgan fingerprint density at radius 2 is 2.16 bits per heavy atom. The maximum absolute atomic E-state index is 12.0. The Morgan fingerprint density at radius 3 is 2.74 bits per heavy atom. The minimum atomic E-state index is 0.0823. The zero-order chi connectivity index (χ0) is 13.7. The van der Waals surface area contributed by atoms with Crippen LogP contribution in [-0.4, -0.2) is 30.5 Å². The van der Waals surface area contributed by atoms with Crippen LogP contribution < -0.4 is 10.5 Å². The summed E-state index contributed by atoms with van der Waals surface area (Å²) in [5, 5.41) is 0. The van der Waals surface area contributed by atoms with Crippen LogP contribution in [0.25, 0.3) is 0 Å².